The first-order valence-corrected chi connectivity index (χ1v) is 14.3. The summed E-state index contributed by atoms with van der Waals surface area (Å²) in [6, 6.07) is 10.6. The highest BCUT2D eigenvalue weighted by Gasteiger charge is 2.69. The predicted molar refractivity (Wildman–Crippen MR) is 90.0 cm³/mol. The molecule has 1 aromatic carbocycles. The van der Waals surface area contributed by atoms with E-state index in [1.54, 1.807) is 0 Å². The SMILES string of the molecule is C[C@@]1(O[Si](C)(C)C)C[C@@]1(O[Si](C)(C)C)c1ccccc1. The maximum absolute atomic E-state index is 6.62. The quantitative estimate of drug-likeness (QED) is 0.731. The van der Waals surface area contributed by atoms with Gasteiger partial charge in [-0.05, 0) is 51.8 Å². The molecular weight excluding hydrogens is 280 g/mol. The first-order chi connectivity index (χ1) is 8.98. The van der Waals surface area contributed by atoms with Crippen molar-refractivity contribution >= 4 is 16.6 Å². The van der Waals surface area contributed by atoms with Crippen LogP contribution in [0, 0.1) is 0 Å². The maximum Gasteiger partial charge on any atom is 0.185 e. The summed E-state index contributed by atoms with van der Waals surface area (Å²) in [5.41, 5.74) is 0.862. The fourth-order valence-corrected chi connectivity index (χ4v) is 6.11. The van der Waals surface area contributed by atoms with E-state index in [9.17, 15) is 0 Å². The molecule has 0 spiro atoms. The zero-order valence-corrected chi connectivity index (χ0v) is 15.9. The van der Waals surface area contributed by atoms with E-state index in [-0.39, 0.29) is 11.2 Å². The molecule has 0 saturated heterocycles. The van der Waals surface area contributed by atoms with E-state index >= 15 is 0 Å². The van der Waals surface area contributed by atoms with Gasteiger partial charge in [0.15, 0.2) is 16.6 Å². The van der Waals surface area contributed by atoms with Crippen LogP contribution in [0.5, 0.6) is 0 Å². The lowest BCUT2D eigenvalue weighted by atomic mass is 10.1. The summed E-state index contributed by atoms with van der Waals surface area (Å²) in [5.74, 6) is 0. The average molecular weight is 309 g/mol. The number of hydrogen-bond donors (Lipinski definition) is 0. The maximum atomic E-state index is 6.62. The molecule has 0 heterocycles. The highest BCUT2D eigenvalue weighted by molar-refractivity contribution is 6.70. The van der Waals surface area contributed by atoms with Gasteiger partial charge in [0.1, 0.15) is 5.60 Å². The van der Waals surface area contributed by atoms with E-state index in [0.29, 0.717) is 0 Å². The molecular formula is C16H28O2Si2. The standard InChI is InChI=1S/C16H28O2Si2/c1-15(17-19(2,3)4)13-16(15,18-20(5,6)7)14-11-9-8-10-12-14/h8-12H,13H2,1-7H3/t15-,16-/m1/s1. The van der Waals surface area contributed by atoms with Crippen LogP contribution in [0.15, 0.2) is 30.3 Å². The smallest absolute Gasteiger partial charge is 0.185 e. The molecule has 4 heteroatoms. The third-order valence-corrected chi connectivity index (χ3v) is 5.59. The number of rotatable bonds is 5. The lowest BCUT2D eigenvalue weighted by molar-refractivity contribution is 0.0537. The van der Waals surface area contributed by atoms with Crippen LogP contribution >= 0.6 is 0 Å². The average Bonchev–Trinajstić information content (AvgIpc) is 2.79. The van der Waals surface area contributed by atoms with Gasteiger partial charge in [0.2, 0.25) is 0 Å². The monoisotopic (exact) mass is 308 g/mol. The Bertz CT molecular complexity index is 475. The predicted octanol–water partition coefficient (Wildman–Crippen LogP) is 4.75. The van der Waals surface area contributed by atoms with Gasteiger partial charge < -0.3 is 8.85 Å². The van der Waals surface area contributed by atoms with Crippen LogP contribution < -0.4 is 0 Å². The van der Waals surface area contributed by atoms with Crippen molar-refractivity contribution < 1.29 is 8.85 Å². The molecule has 2 nitrogen and oxygen atoms in total. The Balaban J connectivity index is 2.35. The van der Waals surface area contributed by atoms with Gasteiger partial charge in [-0.25, -0.2) is 0 Å². The van der Waals surface area contributed by atoms with Gasteiger partial charge in [0, 0.05) is 6.42 Å². The molecule has 1 aliphatic carbocycles. The second-order valence-electron chi connectivity index (χ2n) is 8.03. The molecule has 0 N–H and O–H groups in total. The molecule has 0 unspecified atom stereocenters. The van der Waals surface area contributed by atoms with Crippen molar-refractivity contribution in [2.45, 2.75) is 63.8 Å². The van der Waals surface area contributed by atoms with Crippen LogP contribution in [-0.4, -0.2) is 22.2 Å². The topological polar surface area (TPSA) is 18.5 Å². The van der Waals surface area contributed by atoms with E-state index in [2.05, 4.69) is 76.5 Å². The Morgan fingerprint density at radius 3 is 1.80 bits per heavy atom. The summed E-state index contributed by atoms with van der Waals surface area (Å²) < 4.78 is 13.1. The highest BCUT2D eigenvalue weighted by Crippen LogP contribution is 2.62. The second kappa shape index (κ2) is 4.80. The Morgan fingerprint density at radius 1 is 0.850 bits per heavy atom. The molecule has 2 rings (SSSR count). The molecule has 1 aromatic rings. The molecule has 1 aliphatic rings. The zero-order chi connectivity index (χ0) is 15.2. The van der Waals surface area contributed by atoms with Gasteiger partial charge in [-0.15, -0.1) is 0 Å². The Kier molecular flexibility index (Phi) is 3.83. The van der Waals surface area contributed by atoms with E-state index < -0.39 is 16.6 Å². The van der Waals surface area contributed by atoms with Crippen LogP contribution in [0.1, 0.15) is 18.9 Å². The first-order valence-electron chi connectivity index (χ1n) is 7.43. The van der Waals surface area contributed by atoms with Gasteiger partial charge in [-0.1, -0.05) is 30.3 Å². The summed E-state index contributed by atoms with van der Waals surface area (Å²) in [5, 5.41) is 0. The molecule has 20 heavy (non-hydrogen) atoms. The van der Waals surface area contributed by atoms with Crippen LogP contribution in [0.4, 0.5) is 0 Å². The normalized spacial score (nSPS) is 30.4. The van der Waals surface area contributed by atoms with Crippen molar-refractivity contribution in [1.29, 1.82) is 0 Å². The third kappa shape index (κ3) is 3.24. The molecule has 0 aromatic heterocycles. The molecule has 0 radical (unpaired) electrons. The van der Waals surface area contributed by atoms with Crippen LogP contribution in [-0.2, 0) is 14.5 Å². The van der Waals surface area contributed by atoms with E-state index in [4.69, 9.17) is 8.85 Å². The van der Waals surface area contributed by atoms with Crippen molar-refractivity contribution in [3.63, 3.8) is 0 Å². The van der Waals surface area contributed by atoms with E-state index in [1.807, 2.05) is 0 Å². The van der Waals surface area contributed by atoms with E-state index in [0.717, 1.165) is 6.42 Å². The largest absolute Gasteiger partial charge is 0.409 e. The lowest BCUT2D eigenvalue weighted by Crippen LogP contribution is -2.41. The second-order valence-corrected chi connectivity index (χ2v) is 16.9. The van der Waals surface area contributed by atoms with Gasteiger partial charge >= 0.3 is 0 Å². The highest BCUT2D eigenvalue weighted by atomic mass is 28.4. The minimum Gasteiger partial charge on any atom is -0.409 e. The van der Waals surface area contributed by atoms with Crippen molar-refractivity contribution in [2.75, 3.05) is 0 Å². The molecule has 1 fully saturated rings. The fraction of sp³-hybridized carbons (Fsp3) is 0.625. The molecule has 0 aliphatic heterocycles. The third-order valence-electron chi connectivity index (χ3n) is 3.57. The fourth-order valence-electron chi connectivity index (χ4n) is 3.07. The summed E-state index contributed by atoms with van der Waals surface area (Å²) in [6.45, 7) is 15.7. The number of benzene rings is 1. The van der Waals surface area contributed by atoms with Gasteiger partial charge in [0.05, 0.1) is 5.60 Å². The van der Waals surface area contributed by atoms with Gasteiger partial charge in [-0.2, -0.15) is 0 Å². The minimum atomic E-state index is -1.64. The minimum absolute atomic E-state index is 0.168. The van der Waals surface area contributed by atoms with E-state index in [1.165, 1.54) is 5.56 Å². The van der Waals surface area contributed by atoms with Crippen molar-refractivity contribution in [1.82, 2.24) is 0 Å². The van der Waals surface area contributed by atoms with Gasteiger partial charge in [0.25, 0.3) is 0 Å². The van der Waals surface area contributed by atoms with Crippen molar-refractivity contribution in [3.8, 4) is 0 Å². The Morgan fingerprint density at radius 2 is 1.35 bits per heavy atom. The van der Waals surface area contributed by atoms with Crippen LogP contribution in [0.3, 0.4) is 0 Å². The molecule has 0 amide bonds. The lowest BCUT2D eigenvalue weighted by Gasteiger charge is -2.34. The summed E-state index contributed by atoms with van der Waals surface area (Å²) in [6.07, 6.45) is 0.971. The summed E-state index contributed by atoms with van der Waals surface area (Å²) >= 11 is 0. The van der Waals surface area contributed by atoms with Crippen LogP contribution in [0.2, 0.25) is 39.3 Å². The Hall–Kier alpha value is -0.426. The number of hydrogen-bond acceptors (Lipinski definition) is 2. The van der Waals surface area contributed by atoms with Crippen molar-refractivity contribution in [3.05, 3.63) is 35.9 Å². The molecule has 2 atom stereocenters. The summed E-state index contributed by atoms with van der Waals surface area (Å²) in [7, 11) is -3.23. The molecule has 1 saturated carbocycles. The Labute approximate surface area is 125 Å². The molecule has 0 bridgehead atoms. The van der Waals surface area contributed by atoms with Gasteiger partial charge in [-0.3, -0.25) is 0 Å². The summed E-state index contributed by atoms with van der Waals surface area (Å²) in [4.78, 5) is 0. The molecule has 112 valence electrons. The van der Waals surface area contributed by atoms with Crippen molar-refractivity contribution in [2.24, 2.45) is 0 Å². The first kappa shape index (κ1) is 16.0. The zero-order valence-electron chi connectivity index (χ0n) is 13.9. The van der Waals surface area contributed by atoms with Crippen LogP contribution in [0.25, 0.3) is 0 Å².